The number of carbonyl (C=O) groups is 1. The maximum absolute atomic E-state index is 12.1. The van der Waals surface area contributed by atoms with Crippen molar-refractivity contribution < 1.29 is 17.6 Å². The lowest BCUT2D eigenvalue weighted by Gasteiger charge is -2.04. The first-order valence-corrected chi connectivity index (χ1v) is 7.86. The summed E-state index contributed by atoms with van der Waals surface area (Å²) >= 11 is 1.05. The van der Waals surface area contributed by atoms with Crippen LogP contribution in [-0.4, -0.2) is 14.3 Å². The average Bonchev–Trinajstić information content (AvgIpc) is 2.88. The number of aryl methyl sites for hydroxylation is 2. The van der Waals surface area contributed by atoms with E-state index in [9.17, 15) is 13.2 Å². The van der Waals surface area contributed by atoms with Gasteiger partial charge in [0.2, 0.25) is 0 Å². The summed E-state index contributed by atoms with van der Waals surface area (Å²) in [5.74, 6) is 0.352. The minimum absolute atomic E-state index is 0.108. The molecule has 2 rings (SSSR count). The fraction of sp³-hybridized carbons (Fsp3) is 0.250. The van der Waals surface area contributed by atoms with Gasteiger partial charge in [-0.2, -0.15) is 0 Å². The Labute approximate surface area is 115 Å². The van der Waals surface area contributed by atoms with Crippen LogP contribution in [0.15, 0.2) is 26.1 Å². The SMILES string of the molecule is Cc1oc(C)c(C(=O)NS(=O)(=O)c2cccs2)c1C. The molecule has 0 radical (unpaired) electrons. The maximum atomic E-state index is 12.1. The van der Waals surface area contributed by atoms with Crippen molar-refractivity contribution in [3.05, 3.63) is 40.2 Å². The lowest BCUT2D eigenvalue weighted by molar-refractivity contribution is 0.0979. The molecule has 1 N–H and O–H groups in total. The first-order chi connectivity index (χ1) is 8.83. The second-order valence-electron chi connectivity index (χ2n) is 4.08. The van der Waals surface area contributed by atoms with Crippen molar-refractivity contribution in [3.63, 3.8) is 0 Å². The van der Waals surface area contributed by atoms with Crippen LogP contribution in [0.25, 0.3) is 0 Å². The van der Waals surface area contributed by atoms with E-state index in [1.165, 1.54) is 6.07 Å². The highest BCUT2D eigenvalue weighted by atomic mass is 32.2. The lowest BCUT2D eigenvalue weighted by Crippen LogP contribution is -2.30. The van der Waals surface area contributed by atoms with Crippen molar-refractivity contribution in [3.8, 4) is 0 Å². The molecule has 0 bridgehead atoms. The van der Waals surface area contributed by atoms with Crippen LogP contribution in [0.1, 0.15) is 27.4 Å². The van der Waals surface area contributed by atoms with Crippen LogP contribution < -0.4 is 4.72 Å². The van der Waals surface area contributed by atoms with Gasteiger partial charge in [-0.15, -0.1) is 11.3 Å². The zero-order valence-electron chi connectivity index (χ0n) is 10.7. The number of amides is 1. The summed E-state index contributed by atoms with van der Waals surface area (Å²) in [6, 6.07) is 3.06. The molecule has 0 aliphatic rings. The van der Waals surface area contributed by atoms with Crippen LogP contribution in [0.2, 0.25) is 0 Å². The number of nitrogens with one attached hydrogen (secondary N) is 1. The largest absolute Gasteiger partial charge is 0.466 e. The molecule has 5 nitrogen and oxygen atoms in total. The predicted octanol–water partition coefficient (Wildman–Crippen LogP) is 2.39. The maximum Gasteiger partial charge on any atom is 0.273 e. The second-order valence-corrected chi connectivity index (χ2v) is 6.94. The van der Waals surface area contributed by atoms with E-state index >= 15 is 0 Å². The quantitative estimate of drug-likeness (QED) is 0.944. The fourth-order valence-corrected chi connectivity index (χ4v) is 3.72. The zero-order valence-corrected chi connectivity index (χ0v) is 12.3. The summed E-state index contributed by atoms with van der Waals surface area (Å²) in [5.41, 5.74) is 0.925. The molecule has 0 spiro atoms. The molecule has 102 valence electrons. The number of thiophene rings is 1. The van der Waals surface area contributed by atoms with Gasteiger partial charge < -0.3 is 4.42 Å². The fourth-order valence-electron chi connectivity index (χ4n) is 1.77. The van der Waals surface area contributed by atoms with E-state index in [0.717, 1.165) is 11.3 Å². The van der Waals surface area contributed by atoms with Gasteiger partial charge >= 0.3 is 0 Å². The molecular formula is C12H13NO4S2. The van der Waals surface area contributed by atoms with Crippen molar-refractivity contribution >= 4 is 27.3 Å². The van der Waals surface area contributed by atoms with Crippen molar-refractivity contribution in [2.75, 3.05) is 0 Å². The van der Waals surface area contributed by atoms with Crippen LogP contribution in [0.3, 0.4) is 0 Å². The van der Waals surface area contributed by atoms with Gasteiger partial charge in [-0.3, -0.25) is 4.79 Å². The molecule has 0 saturated carbocycles. The van der Waals surface area contributed by atoms with Crippen LogP contribution in [0, 0.1) is 20.8 Å². The minimum Gasteiger partial charge on any atom is -0.466 e. The zero-order chi connectivity index (χ0) is 14.2. The Morgan fingerprint density at radius 3 is 2.42 bits per heavy atom. The Bertz CT molecular complexity index is 711. The monoisotopic (exact) mass is 299 g/mol. The molecule has 7 heteroatoms. The summed E-state index contributed by atoms with van der Waals surface area (Å²) in [6.07, 6.45) is 0. The number of sulfonamides is 1. The lowest BCUT2D eigenvalue weighted by atomic mass is 10.1. The Hall–Kier alpha value is -1.60. The van der Waals surface area contributed by atoms with Crippen LogP contribution in [0.4, 0.5) is 0 Å². The molecule has 0 atom stereocenters. The molecule has 19 heavy (non-hydrogen) atoms. The number of hydrogen-bond acceptors (Lipinski definition) is 5. The Balaban J connectivity index is 2.32. The number of furan rings is 1. The number of hydrogen-bond donors (Lipinski definition) is 1. The molecule has 0 aliphatic carbocycles. The van der Waals surface area contributed by atoms with Gasteiger partial charge in [-0.25, -0.2) is 13.1 Å². The van der Waals surface area contributed by atoms with E-state index in [4.69, 9.17) is 4.42 Å². The summed E-state index contributed by atoms with van der Waals surface area (Å²) in [5, 5.41) is 1.64. The topological polar surface area (TPSA) is 76.4 Å². The molecule has 0 fully saturated rings. The van der Waals surface area contributed by atoms with Crippen LogP contribution in [-0.2, 0) is 10.0 Å². The smallest absolute Gasteiger partial charge is 0.273 e. The van der Waals surface area contributed by atoms with Crippen molar-refractivity contribution in [1.82, 2.24) is 4.72 Å². The van der Waals surface area contributed by atoms with E-state index in [1.807, 2.05) is 0 Å². The Kier molecular flexibility index (Phi) is 3.51. The van der Waals surface area contributed by atoms with Gasteiger partial charge in [0.1, 0.15) is 15.7 Å². The molecule has 2 aromatic rings. The molecule has 0 aromatic carbocycles. The third-order valence-corrected chi connectivity index (χ3v) is 5.50. The second kappa shape index (κ2) is 4.82. The number of carbonyl (C=O) groups excluding carboxylic acids is 1. The molecule has 0 unspecified atom stereocenters. The van der Waals surface area contributed by atoms with E-state index in [1.54, 1.807) is 32.2 Å². The van der Waals surface area contributed by atoms with E-state index < -0.39 is 15.9 Å². The van der Waals surface area contributed by atoms with Crippen LogP contribution in [0.5, 0.6) is 0 Å². The van der Waals surface area contributed by atoms with Gasteiger partial charge in [0.15, 0.2) is 0 Å². The first kappa shape index (κ1) is 13.8. The van der Waals surface area contributed by atoms with E-state index in [0.29, 0.717) is 17.1 Å². The van der Waals surface area contributed by atoms with Crippen molar-refractivity contribution in [2.24, 2.45) is 0 Å². The molecule has 0 saturated heterocycles. The highest BCUT2D eigenvalue weighted by Crippen LogP contribution is 2.22. The van der Waals surface area contributed by atoms with Crippen molar-refractivity contribution in [1.29, 1.82) is 0 Å². The molecular weight excluding hydrogens is 286 g/mol. The summed E-state index contributed by atoms with van der Waals surface area (Å²) in [4.78, 5) is 12.1. The van der Waals surface area contributed by atoms with Gasteiger partial charge in [-0.05, 0) is 32.2 Å². The van der Waals surface area contributed by atoms with Gasteiger partial charge in [-0.1, -0.05) is 6.07 Å². The van der Waals surface area contributed by atoms with Gasteiger partial charge in [0.05, 0.1) is 5.56 Å². The third-order valence-electron chi connectivity index (χ3n) is 2.78. The summed E-state index contributed by atoms with van der Waals surface area (Å²) in [6.45, 7) is 5.08. The molecule has 2 aromatic heterocycles. The summed E-state index contributed by atoms with van der Waals surface area (Å²) < 4.78 is 31.4. The number of rotatable bonds is 3. The van der Waals surface area contributed by atoms with Gasteiger partial charge in [0, 0.05) is 5.56 Å². The average molecular weight is 299 g/mol. The predicted molar refractivity (Wildman–Crippen MR) is 71.9 cm³/mol. The summed E-state index contributed by atoms with van der Waals surface area (Å²) in [7, 11) is -3.81. The first-order valence-electron chi connectivity index (χ1n) is 5.50. The highest BCUT2D eigenvalue weighted by molar-refractivity contribution is 7.92. The Morgan fingerprint density at radius 2 is 1.95 bits per heavy atom. The minimum atomic E-state index is -3.81. The van der Waals surface area contributed by atoms with Crippen molar-refractivity contribution in [2.45, 2.75) is 25.0 Å². The standard InChI is InChI=1S/C12H13NO4S2/c1-7-8(2)17-9(3)11(7)12(14)13-19(15,16)10-5-4-6-18-10/h4-6H,1-3H3,(H,13,14). The van der Waals surface area contributed by atoms with E-state index in [2.05, 4.69) is 4.72 Å². The normalized spacial score (nSPS) is 11.5. The Morgan fingerprint density at radius 1 is 1.26 bits per heavy atom. The van der Waals surface area contributed by atoms with E-state index in [-0.39, 0.29) is 9.77 Å². The van der Waals surface area contributed by atoms with Crippen LogP contribution >= 0.6 is 11.3 Å². The highest BCUT2D eigenvalue weighted by Gasteiger charge is 2.24. The third kappa shape index (κ3) is 2.57. The molecule has 0 aliphatic heterocycles. The molecule has 1 amide bonds. The molecule has 2 heterocycles. The van der Waals surface area contributed by atoms with Gasteiger partial charge in [0.25, 0.3) is 15.9 Å².